The van der Waals surface area contributed by atoms with Crippen LogP contribution in [0.3, 0.4) is 0 Å². The first-order chi connectivity index (χ1) is 21.2. The first-order valence-corrected chi connectivity index (χ1v) is 14.5. The fourth-order valence-corrected chi connectivity index (χ4v) is 5.46. The molecule has 1 aliphatic heterocycles. The number of benzene rings is 1. The Morgan fingerprint density at radius 1 is 1.09 bits per heavy atom. The number of hydrogen-bond donors (Lipinski definition) is 1. The molecule has 1 fully saturated rings. The van der Waals surface area contributed by atoms with Crippen LogP contribution in [0.4, 0.5) is 20.6 Å². The number of nitrogens with one attached hydrogen (secondary N) is 1. The number of piperazine rings is 1. The molecule has 0 unspecified atom stereocenters. The Bertz CT molecular complexity index is 1770. The number of pyridine rings is 1. The van der Waals surface area contributed by atoms with E-state index in [9.17, 15) is 18.8 Å². The smallest absolute Gasteiger partial charge is 0.410 e. The highest BCUT2D eigenvalue weighted by molar-refractivity contribution is 6.13. The molecule has 14 heteroatoms. The zero-order valence-electron chi connectivity index (χ0n) is 26.3. The molecule has 5 rings (SSSR count). The molecular weight excluding hydrogens is 585 g/mol. The summed E-state index contributed by atoms with van der Waals surface area (Å²) in [6.07, 6.45) is 4.27. The first-order valence-electron chi connectivity index (χ1n) is 14.5. The van der Waals surface area contributed by atoms with Gasteiger partial charge in [-0.25, -0.2) is 19.2 Å². The highest BCUT2D eigenvalue weighted by Gasteiger charge is 2.36. The molecule has 4 heterocycles. The molecule has 2 amide bonds. The summed E-state index contributed by atoms with van der Waals surface area (Å²) in [4.78, 5) is 54.5. The third-order valence-corrected chi connectivity index (χ3v) is 7.23. The van der Waals surface area contributed by atoms with E-state index in [-0.39, 0.29) is 47.7 Å². The van der Waals surface area contributed by atoms with Crippen molar-refractivity contribution in [3.8, 4) is 6.01 Å². The summed E-state index contributed by atoms with van der Waals surface area (Å²) in [5.41, 5.74) is 1.31. The van der Waals surface area contributed by atoms with Gasteiger partial charge in [0.15, 0.2) is 11.5 Å². The molecule has 1 saturated heterocycles. The molecule has 4 aromatic rings. The second-order valence-electron chi connectivity index (χ2n) is 12.0. The number of aromatic nitrogens is 4. The third kappa shape index (κ3) is 6.74. The van der Waals surface area contributed by atoms with Gasteiger partial charge in [-0.2, -0.15) is 4.98 Å². The van der Waals surface area contributed by atoms with E-state index in [1.807, 2.05) is 40.7 Å². The number of rotatable bonds is 6. The molecule has 1 aliphatic rings. The van der Waals surface area contributed by atoms with Crippen molar-refractivity contribution in [3.05, 3.63) is 53.9 Å². The van der Waals surface area contributed by atoms with E-state index in [4.69, 9.17) is 14.2 Å². The minimum Gasteiger partial charge on any atom is -0.467 e. The van der Waals surface area contributed by atoms with Gasteiger partial charge in [0.2, 0.25) is 0 Å². The van der Waals surface area contributed by atoms with Crippen molar-refractivity contribution in [2.24, 2.45) is 0 Å². The molecule has 0 saturated carbocycles. The van der Waals surface area contributed by atoms with Gasteiger partial charge in [0.05, 0.1) is 41.7 Å². The summed E-state index contributed by atoms with van der Waals surface area (Å²) < 4.78 is 32.2. The average Bonchev–Trinajstić information content (AvgIpc) is 3.37. The molecule has 0 bridgehead atoms. The minimum atomic E-state index is -0.667. The molecule has 0 spiro atoms. The summed E-state index contributed by atoms with van der Waals surface area (Å²) in [6.45, 7) is 11.6. The number of methoxy groups -OCH3 is 1. The molecular formula is C31H36FN7O6. The Morgan fingerprint density at radius 2 is 1.80 bits per heavy atom. The van der Waals surface area contributed by atoms with Gasteiger partial charge in [0, 0.05) is 55.7 Å². The topological polar surface area (TPSA) is 140 Å². The van der Waals surface area contributed by atoms with Gasteiger partial charge < -0.3 is 28.8 Å². The second-order valence-corrected chi connectivity index (χ2v) is 12.0. The first kappa shape index (κ1) is 31.4. The second kappa shape index (κ2) is 12.2. The van der Waals surface area contributed by atoms with Gasteiger partial charge in [-0.15, -0.1) is 0 Å². The van der Waals surface area contributed by atoms with Crippen LogP contribution >= 0.6 is 0 Å². The lowest BCUT2D eigenvalue weighted by atomic mass is 10.0. The highest BCUT2D eigenvalue weighted by atomic mass is 19.1. The Labute approximate surface area is 259 Å². The van der Waals surface area contributed by atoms with E-state index in [2.05, 4.69) is 25.2 Å². The molecule has 238 valence electrons. The highest BCUT2D eigenvalue weighted by Crippen LogP contribution is 2.33. The normalized spacial score (nSPS) is 17.0. The van der Waals surface area contributed by atoms with E-state index in [1.54, 1.807) is 17.2 Å². The van der Waals surface area contributed by atoms with Crippen molar-refractivity contribution < 1.29 is 33.0 Å². The number of amides is 2. The summed E-state index contributed by atoms with van der Waals surface area (Å²) in [6, 6.07) is 4.38. The molecule has 1 N–H and O–H groups in total. The van der Waals surface area contributed by atoms with Crippen LogP contribution in [0.15, 0.2) is 36.8 Å². The minimum absolute atomic E-state index is 0.0256. The lowest BCUT2D eigenvalue weighted by Gasteiger charge is -2.45. The van der Waals surface area contributed by atoms with Gasteiger partial charge >= 0.3 is 18.1 Å². The number of esters is 1. The van der Waals surface area contributed by atoms with E-state index in [0.29, 0.717) is 29.7 Å². The number of ether oxygens (including phenoxy) is 3. The molecule has 3 aromatic heterocycles. The molecule has 2 atom stereocenters. The summed E-state index contributed by atoms with van der Waals surface area (Å²) in [5, 5.41) is 3.36. The number of imidazole rings is 1. The number of carbonyl (C=O) groups excluding carboxylic acids is 3. The number of anilines is 2. The van der Waals surface area contributed by atoms with Crippen LogP contribution < -0.4 is 15.0 Å². The van der Waals surface area contributed by atoms with E-state index in [0.717, 1.165) is 11.8 Å². The third-order valence-electron chi connectivity index (χ3n) is 7.23. The van der Waals surface area contributed by atoms with Crippen molar-refractivity contribution in [1.82, 2.24) is 24.3 Å². The van der Waals surface area contributed by atoms with Crippen LogP contribution in [-0.4, -0.2) is 80.1 Å². The number of fused-ring (bicyclic) bond motifs is 2. The molecule has 1 aromatic carbocycles. The van der Waals surface area contributed by atoms with Crippen LogP contribution in [0.1, 0.15) is 57.6 Å². The largest absolute Gasteiger partial charge is 0.467 e. The molecule has 0 radical (unpaired) electrons. The molecule has 45 heavy (non-hydrogen) atoms. The number of nitrogens with zero attached hydrogens (tertiary/aromatic N) is 6. The molecule has 0 aliphatic carbocycles. The lowest BCUT2D eigenvalue weighted by molar-refractivity contribution is -0.142. The maximum Gasteiger partial charge on any atom is 0.410 e. The Balaban J connectivity index is 1.43. The molecule has 13 nitrogen and oxygen atoms in total. The average molecular weight is 622 g/mol. The Morgan fingerprint density at radius 3 is 2.44 bits per heavy atom. The van der Waals surface area contributed by atoms with E-state index in [1.165, 1.54) is 30.8 Å². The van der Waals surface area contributed by atoms with Gasteiger partial charge in [-0.1, -0.05) is 0 Å². The quantitative estimate of drug-likeness (QED) is 0.304. The maximum absolute atomic E-state index is 14.9. The SMILES string of the molecule is COc1ncc2c(N3C[C@@H](C)N(C(=O)OC(C)(C)C)[C@@H](C)C3)ccc(C(=O)Nc3cc(F)c4nc(COC(C)=O)cn4c3)c2n1. The van der Waals surface area contributed by atoms with Crippen LogP contribution in [-0.2, 0) is 20.9 Å². The maximum atomic E-state index is 14.9. The van der Waals surface area contributed by atoms with E-state index >= 15 is 0 Å². The van der Waals surface area contributed by atoms with Gasteiger partial charge in [-0.3, -0.25) is 14.5 Å². The fraction of sp³-hybridized carbons (Fsp3) is 0.419. The van der Waals surface area contributed by atoms with Gasteiger partial charge in [-0.05, 0) is 46.8 Å². The number of hydrogen-bond acceptors (Lipinski definition) is 10. The zero-order valence-corrected chi connectivity index (χ0v) is 26.3. The van der Waals surface area contributed by atoms with Crippen LogP contribution in [0.2, 0.25) is 0 Å². The zero-order chi connectivity index (χ0) is 32.6. The van der Waals surface area contributed by atoms with Crippen molar-refractivity contribution >= 4 is 45.9 Å². The van der Waals surface area contributed by atoms with Crippen molar-refractivity contribution in [2.45, 2.75) is 65.8 Å². The Hall–Kier alpha value is -5.01. The Kier molecular flexibility index (Phi) is 8.50. The summed E-state index contributed by atoms with van der Waals surface area (Å²) in [7, 11) is 1.43. The number of halogens is 1. The predicted molar refractivity (Wildman–Crippen MR) is 164 cm³/mol. The van der Waals surface area contributed by atoms with Gasteiger partial charge in [0.1, 0.15) is 12.2 Å². The van der Waals surface area contributed by atoms with Crippen molar-refractivity contribution in [3.63, 3.8) is 0 Å². The van der Waals surface area contributed by atoms with Gasteiger partial charge in [0.25, 0.3) is 5.91 Å². The van der Waals surface area contributed by atoms with Crippen LogP contribution in [0.25, 0.3) is 16.6 Å². The summed E-state index contributed by atoms with van der Waals surface area (Å²) in [5.74, 6) is -1.67. The lowest BCUT2D eigenvalue weighted by Crippen LogP contribution is -2.59. The summed E-state index contributed by atoms with van der Waals surface area (Å²) >= 11 is 0. The van der Waals surface area contributed by atoms with Crippen LogP contribution in [0.5, 0.6) is 6.01 Å². The predicted octanol–water partition coefficient (Wildman–Crippen LogP) is 4.57. The van der Waals surface area contributed by atoms with Crippen LogP contribution in [0, 0.1) is 5.82 Å². The standard InChI is InChI=1S/C31H36FN7O6/c1-17-12-37(13-18(2)39(17)30(42)45-31(4,5)6)25-9-8-22(26-23(25)11-33-29(36-26)43-7)28(41)35-20-10-24(32)27-34-21(15-38(27)14-20)16-44-19(3)40/h8-11,14-15,17-18H,12-13,16H2,1-7H3,(H,35,41)/t17-,18+. The monoisotopic (exact) mass is 621 g/mol. The number of carbonyl (C=O) groups is 3. The van der Waals surface area contributed by atoms with Crippen molar-refractivity contribution in [1.29, 1.82) is 0 Å². The van der Waals surface area contributed by atoms with Crippen molar-refractivity contribution in [2.75, 3.05) is 30.4 Å². The fourth-order valence-electron chi connectivity index (χ4n) is 5.46. The van der Waals surface area contributed by atoms with E-state index < -0.39 is 23.3 Å².